The van der Waals surface area contributed by atoms with E-state index in [9.17, 15) is 4.79 Å². The van der Waals surface area contributed by atoms with Crippen LogP contribution in [-0.2, 0) is 4.79 Å². The summed E-state index contributed by atoms with van der Waals surface area (Å²) in [7, 11) is 0. The van der Waals surface area contributed by atoms with Crippen molar-refractivity contribution in [3.63, 3.8) is 0 Å². The van der Waals surface area contributed by atoms with Crippen molar-refractivity contribution < 1.29 is 14.3 Å². The fourth-order valence-electron chi connectivity index (χ4n) is 1.68. The van der Waals surface area contributed by atoms with Crippen LogP contribution in [0.5, 0.6) is 11.5 Å². The molecule has 0 saturated carbocycles. The van der Waals surface area contributed by atoms with Gasteiger partial charge in [-0.25, -0.2) is 4.98 Å². The summed E-state index contributed by atoms with van der Waals surface area (Å²) in [5.74, 6) is 1.53. The average molecular weight is 338 g/mol. The number of halogens is 1. The Kier molecular flexibility index (Phi) is 7.70. The lowest BCUT2D eigenvalue weighted by Gasteiger charge is -2.08. The number of anilines is 2. The molecule has 3 N–H and O–H groups in total. The predicted octanol–water partition coefficient (Wildman–Crippen LogP) is 2.89. The lowest BCUT2D eigenvalue weighted by Crippen LogP contribution is -2.20. The van der Waals surface area contributed by atoms with Crippen molar-refractivity contribution in [3.8, 4) is 11.5 Å². The van der Waals surface area contributed by atoms with Crippen LogP contribution in [0.2, 0.25) is 0 Å². The molecular formula is C16H20ClN3O3. The van der Waals surface area contributed by atoms with Gasteiger partial charge in [0.15, 0.2) is 6.61 Å². The zero-order valence-corrected chi connectivity index (χ0v) is 13.6. The number of carbonyl (C=O) groups is 1. The lowest BCUT2D eigenvalue weighted by atomic mass is 10.3. The fraction of sp³-hybridized carbons (Fsp3) is 0.250. The van der Waals surface area contributed by atoms with E-state index < -0.39 is 0 Å². The number of hydrogen-bond donors (Lipinski definition) is 2. The molecule has 2 aromatic rings. The molecule has 1 aromatic heterocycles. The van der Waals surface area contributed by atoms with E-state index in [0.717, 1.165) is 12.2 Å². The molecule has 0 saturated heterocycles. The highest BCUT2D eigenvalue weighted by atomic mass is 35.5. The van der Waals surface area contributed by atoms with Gasteiger partial charge in [-0.1, -0.05) is 6.92 Å². The minimum Gasteiger partial charge on any atom is -0.494 e. The molecule has 1 heterocycles. The van der Waals surface area contributed by atoms with Gasteiger partial charge in [-0.15, -0.1) is 12.4 Å². The predicted molar refractivity (Wildman–Crippen MR) is 92.3 cm³/mol. The van der Waals surface area contributed by atoms with Gasteiger partial charge in [0.2, 0.25) is 0 Å². The number of nitrogen functional groups attached to an aromatic ring is 1. The third kappa shape index (κ3) is 6.44. The maximum Gasteiger partial charge on any atom is 0.262 e. The number of benzene rings is 1. The second-order valence-corrected chi connectivity index (χ2v) is 4.63. The van der Waals surface area contributed by atoms with Crippen molar-refractivity contribution in [2.24, 2.45) is 0 Å². The molecule has 1 aromatic carbocycles. The molecule has 0 spiro atoms. The fourth-order valence-corrected chi connectivity index (χ4v) is 1.68. The Balaban J connectivity index is 0.00000264. The quantitative estimate of drug-likeness (QED) is 0.811. The highest BCUT2D eigenvalue weighted by Crippen LogP contribution is 2.17. The number of nitrogens with two attached hydrogens (primary N) is 1. The average Bonchev–Trinajstić information content (AvgIpc) is 2.54. The summed E-state index contributed by atoms with van der Waals surface area (Å²) in [5.41, 5.74) is 6.05. The summed E-state index contributed by atoms with van der Waals surface area (Å²) in [6.45, 7) is 2.64. The van der Waals surface area contributed by atoms with Crippen molar-refractivity contribution in [2.75, 3.05) is 24.3 Å². The first-order valence-electron chi connectivity index (χ1n) is 7.04. The third-order valence-corrected chi connectivity index (χ3v) is 2.74. The van der Waals surface area contributed by atoms with E-state index in [2.05, 4.69) is 10.3 Å². The van der Waals surface area contributed by atoms with Crippen molar-refractivity contribution in [2.45, 2.75) is 13.3 Å². The highest BCUT2D eigenvalue weighted by molar-refractivity contribution is 5.91. The van der Waals surface area contributed by atoms with Crippen LogP contribution in [0.4, 0.5) is 11.5 Å². The summed E-state index contributed by atoms with van der Waals surface area (Å²) in [4.78, 5) is 15.7. The zero-order valence-electron chi connectivity index (χ0n) is 12.8. The number of amides is 1. The van der Waals surface area contributed by atoms with Gasteiger partial charge in [0.1, 0.15) is 17.3 Å². The smallest absolute Gasteiger partial charge is 0.262 e. The molecule has 124 valence electrons. The molecule has 0 unspecified atom stereocenters. The van der Waals surface area contributed by atoms with Crippen molar-refractivity contribution in [3.05, 3.63) is 42.6 Å². The van der Waals surface area contributed by atoms with E-state index in [1.165, 1.54) is 6.20 Å². The molecular weight excluding hydrogens is 318 g/mol. The molecule has 23 heavy (non-hydrogen) atoms. The molecule has 0 aliphatic heterocycles. The minimum atomic E-state index is -0.266. The van der Waals surface area contributed by atoms with Crippen LogP contribution in [0.3, 0.4) is 0 Å². The van der Waals surface area contributed by atoms with E-state index in [1.54, 1.807) is 24.3 Å². The SMILES string of the molecule is CCCOc1ccc(OCC(=O)Nc2ccc(N)nc2)cc1.Cl. The largest absolute Gasteiger partial charge is 0.494 e. The Labute approximate surface area is 141 Å². The van der Waals surface area contributed by atoms with Crippen molar-refractivity contribution >= 4 is 29.8 Å². The van der Waals surface area contributed by atoms with Crippen LogP contribution < -0.4 is 20.5 Å². The molecule has 0 aliphatic rings. The minimum absolute atomic E-state index is 0. The molecule has 2 rings (SSSR count). The molecule has 0 radical (unpaired) electrons. The number of hydrogen-bond acceptors (Lipinski definition) is 5. The van der Waals surface area contributed by atoms with Crippen molar-refractivity contribution in [1.29, 1.82) is 0 Å². The van der Waals surface area contributed by atoms with Crippen LogP contribution in [0, 0.1) is 0 Å². The Morgan fingerprint density at radius 2 is 1.78 bits per heavy atom. The first-order valence-corrected chi connectivity index (χ1v) is 7.04. The number of nitrogens with zero attached hydrogens (tertiary/aromatic N) is 1. The Hall–Kier alpha value is -2.47. The van der Waals surface area contributed by atoms with Gasteiger partial charge in [0.25, 0.3) is 5.91 Å². The van der Waals surface area contributed by atoms with E-state index in [4.69, 9.17) is 15.2 Å². The second kappa shape index (κ2) is 9.53. The number of ether oxygens (including phenoxy) is 2. The molecule has 7 heteroatoms. The molecule has 1 amide bonds. The maximum atomic E-state index is 11.8. The molecule has 6 nitrogen and oxygen atoms in total. The lowest BCUT2D eigenvalue weighted by molar-refractivity contribution is -0.118. The first-order chi connectivity index (χ1) is 10.7. The number of rotatable bonds is 7. The van der Waals surface area contributed by atoms with Gasteiger partial charge in [0.05, 0.1) is 18.5 Å². The number of carbonyl (C=O) groups excluding carboxylic acids is 1. The van der Waals surface area contributed by atoms with Gasteiger partial charge < -0.3 is 20.5 Å². The first kappa shape index (κ1) is 18.6. The van der Waals surface area contributed by atoms with Gasteiger partial charge >= 0.3 is 0 Å². The standard InChI is InChI=1S/C16H19N3O3.ClH/c1-2-9-21-13-4-6-14(7-5-13)22-11-16(20)19-12-3-8-15(17)18-10-12;/h3-8,10H,2,9,11H2,1H3,(H2,17,18)(H,19,20);1H. The normalized spacial score (nSPS) is 9.61. The van der Waals surface area contributed by atoms with Crippen LogP contribution in [0.1, 0.15) is 13.3 Å². The highest BCUT2D eigenvalue weighted by Gasteiger charge is 2.04. The Morgan fingerprint density at radius 3 is 2.35 bits per heavy atom. The Bertz CT molecular complexity index is 603. The monoisotopic (exact) mass is 337 g/mol. The number of pyridine rings is 1. The molecule has 0 bridgehead atoms. The van der Waals surface area contributed by atoms with E-state index >= 15 is 0 Å². The van der Waals surface area contributed by atoms with Crippen LogP contribution in [0.25, 0.3) is 0 Å². The Morgan fingerprint density at radius 1 is 1.13 bits per heavy atom. The molecule has 0 atom stereocenters. The van der Waals surface area contributed by atoms with E-state index in [-0.39, 0.29) is 24.9 Å². The van der Waals surface area contributed by atoms with Gasteiger partial charge in [-0.2, -0.15) is 0 Å². The van der Waals surface area contributed by atoms with Gasteiger partial charge in [-0.3, -0.25) is 4.79 Å². The van der Waals surface area contributed by atoms with E-state index in [0.29, 0.717) is 23.9 Å². The van der Waals surface area contributed by atoms with Crippen LogP contribution in [-0.4, -0.2) is 24.1 Å². The summed E-state index contributed by atoms with van der Waals surface area (Å²) in [6.07, 6.45) is 2.45. The second-order valence-electron chi connectivity index (χ2n) is 4.63. The van der Waals surface area contributed by atoms with Gasteiger partial charge in [-0.05, 0) is 42.8 Å². The van der Waals surface area contributed by atoms with E-state index in [1.807, 2.05) is 19.1 Å². The van der Waals surface area contributed by atoms with Crippen molar-refractivity contribution in [1.82, 2.24) is 4.98 Å². The molecule has 0 aliphatic carbocycles. The third-order valence-electron chi connectivity index (χ3n) is 2.74. The number of aromatic nitrogens is 1. The molecule has 0 fully saturated rings. The number of nitrogens with one attached hydrogen (secondary N) is 1. The van der Waals surface area contributed by atoms with Crippen LogP contribution in [0.15, 0.2) is 42.6 Å². The maximum absolute atomic E-state index is 11.8. The van der Waals surface area contributed by atoms with Gasteiger partial charge in [0, 0.05) is 0 Å². The summed E-state index contributed by atoms with van der Waals surface area (Å²) in [6, 6.07) is 10.5. The summed E-state index contributed by atoms with van der Waals surface area (Å²) < 4.78 is 10.9. The summed E-state index contributed by atoms with van der Waals surface area (Å²) in [5, 5.41) is 2.67. The summed E-state index contributed by atoms with van der Waals surface area (Å²) >= 11 is 0. The van der Waals surface area contributed by atoms with Crippen LogP contribution >= 0.6 is 12.4 Å². The topological polar surface area (TPSA) is 86.5 Å². The zero-order chi connectivity index (χ0) is 15.8.